The molecule has 0 fully saturated rings. The Morgan fingerprint density at radius 1 is 1.55 bits per heavy atom. The van der Waals surface area contributed by atoms with Gasteiger partial charge >= 0.3 is 0 Å². The fourth-order valence-corrected chi connectivity index (χ4v) is 2.69. The average Bonchev–Trinajstić information content (AvgIpc) is 2.97. The Morgan fingerprint density at radius 3 is 3.23 bits per heavy atom. The van der Waals surface area contributed by atoms with Gasteiger partial charge in [0.25, 0.3) is 5.56 Å². The van der Waals surface area contributed by atoms with Crippen molar-refractivity contribution in [1.82, 2.24) is 20.0 Å². The van der Waals surface area contributed by atoms with Crippen LogP contribution in [-0.2, 0) is 24.2 Å². The highest BCUT2D eigenvalue weighted by Gasteiger charge is 2.21. The Morgan fingerprint density at radius 2 is 2.41 bits per heavy atom. The predicted molar refractivity (Wildman–Crippen MR) is 79.2 cm³/mol. The van der Waals surface area contributed by atoms with Crippen LogP contribution in [-0.4, -0.2) is 33.2 Å². The first-order chi connectivity index (χ1) is 10.7. The van der Waals surface area contributed by atoms with Gasteiger partial charge in [0.15, 0.2) is 5.82 Å². The highest BCUT2D eigenvalue weighted by molar-refractivity contribution is 5.25. The number of rotatable bonds is 5. The zero-order valence-electron chi connectivity index (χ0n) is 12.8. The molecule has 0 saturated heterocycles. The molecule has 7 heteroatoms. The van der Waals surface area contributed by atoms with Crippen LogP contribution in [0.1, 0.15) is 42.8 Å². The minimum absolute atomic E-state index is 0.0154. The zero-order chi connectivity index (χ0) is 15.5. The molecular weight excluding hydrogens is 284 g/mol. The lowest BCUT2D eigenvalue weighted by Crippen LogP contribution is -2.34. The van der Waals surface area contributed by atoms with Crippen molar-refractivity contribution in [1.29, 1.82) is 0 Å². The molecule has 1 atom stereocenters. The summed E-state index contributed by atoms with van der Waals surface area (Å²) in [4.78, 5) is 21.1. The van der Waals surface area contributed by atoms with Gasteiger partial charge in [-0.25, -0.2) is 0 Å². The van der Waals surface area contributed by atoms with E-state index in [1.165, 1.54) is 0 Å². The molecule has 2 aromatic rings. The van der Waals surface area contributed by atoms with Gasteiger partial charge in [0, 0.05) is 31.5 Å². The number of fused-ring (bicyclic) bond motifs is 1. The summed E-state index contributed by atoms with van der Waals surface area (Å²) in [5.41, 5.74) is 1.94. The Kier molecular flexibility index (Phi) is 4.35. The predicted octanol–water partition coefficient (Wildman–Crippen LogP) is 1.41. The van der Waals surface area contributed by atoms with Crippen molar-refractivity contribution >= 4 is 0 Å². The van der Waals surface area contributed by atoms with E-state index in [2.05, 4.69) is 20.0 Å². The van der Waals surface area contributed by atoms with E-state index in [-0.39, 0.29) is 11.7 Å². The minimum atomic E-state index is -0.174. The number of ether oxygens (including phenoxy) is 1. The number of pyridine rings is 1. The van der Waals surface area contributed by atoms with Gasteiger partial charge in [0.1, 0.15) is 6.10 Å². The third-order valence-corrected chi connectivity index (χ3v) is 3.86. The summed E-state index contributed by atoms with van der Waals surface area (Å²) in [6.45, 7) is 6.45. The largest absolute Gasteiger partial charge is 0.371 e. The lowest BCUT2D eigenvalue weighted by Gasteiger charge is -2.26. The summed E-state index contributed by atoms with van der Waals surface area (Å²) in [6.07, 6.45) is 2.39. The molecule has 1 unspecified atom stereocenters. The van der Waals surface area contributed by atoms with Gasteiger partial charge < -0.3 is 14.2 Å². The Balaban J connectivity index is 1.68. The maximum Gasteiger partial charge on any atom is 0.252 e. The minimum Gasteiger partial charge on any atom is -0.371 e. The summed E-state index contributed by atoms with van der Waals surface area (Å²) in [7, 11) is 0. The maximum absolute atomic E-state index is 11.9. The summed E-state index contributed by atoms with van der Waals surface area (Å²) in [6, 6.07) is 1.97. The first kappa shape index (κ1) is 14.9. The van der Waals surface area contributed by atoms with Crippen LogP contribution in [0.25, 0.3) is 0 Å². The van der Waals surface area contributed by atoms with Crippen molar-refractivity contribution in [2.24, 2.45) is 0 Å². The quantitative estimate of drug-likeness (QED) is 0.899. The Hall–Kier alpha value is -1.99. The zero-order valence-corrected chi connectivity index (χ0v) is 12.8. The molecule has 7 nitrogen and oxygen atoms in total. The molecule has 1 aliphatic heterocycles. The summed E-state index contributed by atoms with van der Waals surface area (Å²) >= 11 is 0. The standard InChI is InChI=1S/C15H20N4O3/c1-3-21-10(2)14-17-13(22-18-14)9-19-7-5-11-4-6-16-15(20)12(11)8-19/h4,6,10H,3,5,7-9H2,1-2H3,(H,16,20). The molecule has 1 aliphatic rings. The van der Waals surface area contributed by atoms with Crippen molar-refractivity contribution in [3.63, 3.8) is 0 Å². The number of aromatic amines is 1. The molecular formula is C15H20N4O3. The topological polar surface area (TPSA) is 84.3 Å². The molecule has 0 spiro atoms. The van der Waals surface area contributed by atoms with Gasteiger partial charge in [-0.15, -0.1) is 0 Å². The molecule has 118 valence electrons. The van der Waals surface area contributed by atoms with Crippen molar-refractivity contribution in [3.8, 4) is 0 Å². The highest BCUT2D eigenvalue weighted by Crippen LogP contribution is 2.18. The van der Waals surface area contributed by atoms with Gasteiger partial charge in [-0.2, -0.15) is 4.98 Å². The van der Waals surface area contributed by atoms with Gasteiger partial charge in [-0.05, 0) is 31.9 Å². The second kappa shape index (κ2) is 6.41. The van der Waals surface area contributed by atoms with Crippen LogP contribution in [0.2, 0.25) is 0 Å². The summed E-state index contributed by atoms with van der Waals surface area (Å²) in [5.74, 6) is 1.12. The average molecular weight is 304 g/mol. The van der Waals surface area contributed by atoms with E-state index in [0.717, 1.165) is 24.1 Å². The SMILES string of the molecule is CCOC(C)c1noc(CN2CCc3cc[nH]c(=O)c3C2)n1. The van der Waals surface area contributed by atoms with E-state index in [0.29, 0.717) is 31.4 Å². The number of nitrogens with one attached hydrogen (secondary N) is 1. The Labute approximate surface area is 128 Å². The normalized spacial score (nSPS) is 16.5. The summed E-state index contributed by atoms with van der Waals surface area (Å²) < 4.78 is 10.7. The lowest BCUT2D eigenvalue weighted by atomic mass is 10.0. The van der Waals surface area contributed by atoms with E-state index in [1.807, 2.05) is 19.9 Å². The molecule has 3 heterocycles. The van der Waals surface area contributed by atoms with Crippen LogP contribution in [0.15, 0.2) is 21.6 Å². The highest BCUT2D eigenvalue weighted by atomic mass is 16.5. The van der Waals surface area contributed by atoms with Crippen LogP contribution >= 0.6 is 0 Å². The van der Waals surface area contributed by atoms with E-state index in [1.54, 1.807) is 6.20 Å². The first-order valence-electron chi connectivity index (χ1n) is 7.53. The molecule has 0 amide bonds. The molecule has 0 bridgehead atoms. The van der Waals surface area contributed by atoms with Crippen molar-refractivity contribution in [3.05, 3.63) is 45.5 Å². The van der Waals surface area contributed by atoms with E-state index >= 15 is 0 Å². The molecule has 0 aliphatic carbocycles. The third kappa shape index (κ3) is 3.10. The van der Waals surface area contributed by atoms with Crippen molar-refractivity contribution in [2.75, 3.05) is 13.2 Å². The molecule has 22 heavy (non-hydrogen) atoms. The fourth-order valence-electron chi connectivity index (χ4n) is 2.69. The van der Waals surface area contributed by atoms with E-state index in [9.17, 15) is 4.79 Å². The van der Waals surface area contributed by atoms with E-state index in [4.69, 9.17) is 9.26 Å². The Bertz CT molecular complexity index is 694. The molecule has 0 saturated carbocycles. The van der Waals surface area contributed by atoms with Crippen molar-refractivity contribution in [2.45, 2.75) is 39.5 Å². The molecule has 1 N–H and O–H groups in total. The number of nitrogens with zero attached hydrogens (tertiary/aromatic N) is 3. The molecule has 0 aromatic carbocycles. The van der Waals surface area contributed by atoms with Gasteiger partial charge in [0.2, 0.25) is 5.89 Å². The number of hydrogen-bond donors (Lipinski definition) is 1. The third-order valence-electron chi connectivity index (χ3n) is 3.86. The molecule has 2 aromatic heterocycles. The van der Waals surface area contributed by atoms with Gasteiger partial charge in [0.05, 0.1) is 6.54 Å². The second-order valence-corrected chi connectivity index (χ2v) is 5.42. The number of aromatic nitrogens is 3. The number of H-pyrrole nitrogens is 1. The maximum atomic E-state index is 11.9. The second-order valence-electron chi connectivity index (χ2n) is 5.42. The number of hydrogen-bond acceptors (Lipinski definition) is 6. The van der Waals surface area contributed by atoms with Crippen LogP contribution in [0.5, 0.6) is 0 Å². The van der Waals surface area contributed by atoms with Crippen LogP contribution in [0.4, 0.5) is 0 Å². The smallest absolute Gasteiger partial charge is 0.252 e. The first-order valence-corrected chi connectivity index (χ1v) is 7.53. The van der Waals surface area contributed by atoms with Crippen molar-refractivity contribution < 1.29 is 9.26 Å². The molecule has 3 rings (SSSR count). The summed E-state index contributed by atoms with van der Waals surface area (Å²) in [5, 5.41) is 3.96. The van der Waals surface area contributed by atoms with Gasteiger partial charge in [-0.3, -0.25) is 9.69 Å². The van der Waals surface area contributed by atoms with Crippen LogP contribution in [0.3, 0.4) is 0 Å². The fraction of sp³-hybridized carbons (Fsp3) is 0.533. The monoisotopic (exact) mass is 304 g/mol. The lowest BCUT2D eigenvalue weighted by molar-refractivity contribution is 0.0683. The van der Waals surface area contributed by atoms with Crippen LogP contribution < -0.4 is 5.56 Å². The molecule has 0 radical (unpaired) electrons. The van der Waals surface area contributed by atoms with E-state index < -0.39 is 0 Å². The van der Waals surface area contributed by atoms with Gasteiger partial charge in [-0.1, -0.05) is 5.16 Å². The van der Waals surface area contributed by atoms with Crippen LogP contribution in [0, 0.1) is 0 Å².